The smallest absolute Gasteiger partial charge is 0.309 e. The van der Waals surface area contributed by atoms with Gasteiger partial charge in [-0.15, -0.1) is 0 Å². The third-order valence-corrected chi connectivity index (χ3v) is 2.99. The SMILES string of the molecule is C=C1C=C[C@H](CCC(=O)OC)[C@H](C(=O)OC)C1. The molecule has 0 aromatic rings. The fourth-order valence-electron chi connectivity index (χ4n) is 1.99. The molecule has 0 aromatic carbocycles. The van der Waals surface area contributed by atoms with Crippen LogP contribution in [0.1, 0.15) is 19.3 Å². The molecule has 0 spiro atoms. The Morgan fingerprint density at radius 1 is 1.41 bits per heavy atom. The number of carbonyl (C=O) groups excluding carboxylic acids is 2. The van der Waals surface area contributed by atoms with Gasteiger partial charge < -0.3 is 9.47 Å². The maximum absolute atomic E-state index is 11.6. The molecule has 0 saturated carbocycles. The summed E-state index contributed by atoms with van der Waals surface area (Å²) in [7, 11) is 2.74. The first-order valence-corrected chi connectivity index (χ1v) is 5.59. The third-order valence-electron chi connectivity index (χ3n) is 2.99. The molecule has 0 N–H and O–H groups in total. The zero-order valence-electron chi connectivity index (χ0n) is 10.3. The first-order valence-electron chi connectivity index (χ1n) is 5.59. The van der Waals surface area contributed by atoms with Gasteiger partial charge in [-0.05, 0) is 18.8 Å². The summed E-state index contributed by atoms with van der Waals surface area (Å²) in [5, 5.41) is 0. The van der Waals surface area contributed by atoms with E-state index in [1.807, 2.05) is 12.2 Å². The summed E-state index contributed by atoms with van der Waals surface area (Å²) in [4.78, 5) is 22.7. The van der Waals surface area contributed by atoms with Gasteiger partial charge in [0.15, 0.2) is 0 Å². The molecule has 0 saturated heterocycles. The lowest BCUT2D eigenvalue weighted by Crippen LogP contribution is -2.27. The first-order chi connectivity index (χ1) is 8.08. The van der Waals surface area contributed by atoms with E-state index < -0.39 is 0 Å². The van der Waals surface area contributed by atoms with Gasteiger partial charge in [0.1, 0.15) is 0 Å². The van der Waals surface area contributed by atoms with Gasteiger partial charge in [0.2, 0.25) is 0 Å². The second-order valence-corrected chi connectivity index (χ2v) is 4.13. The number of rotatable bonds is 4. The molecule has 1 aliphatic rings. The van der Waals surface area contributed by atoms with Crippen molar-refractivity contribution in [2.45, 2.75) is 19.3 Å². The van der Waals surface area contributed by atoms with E-state index >= 15 is 0 Å². The van der Waals surface area contributed by atoms with Crippen molar-refractivity contribution in [2.75, 3.05) is 14.2 Å². The largest absolute Gasteiger partial charge is 0.469 e. The van der Waals surface area contributed by atoms with Gasteiger partial charge in [0, 0.05) is 6.42 Å². The molecule has 0 bridgehead atoms. The number of hydrogen-bond acceptors (Lipinski definition) is 4. The molecule has 17 heavy (non-hydrogen) atoms. The van der Waals surface area contributed by atoms with Crippen molar-refractivity contribution >= 4 is 11.9 Å². The summed E-state index contributed by atoms with van der Waals surface area (Å²) in [6, 6.07) is 0. The number of methoxy groups -OCH3 is 2. The van der Waals surface area contributed by atoms with Crippen LogP contribution in [0, 0.1) is 11.8 Å². The Hall–Kier alpha value is -1.58. The lowest BCUT2D eigenvalue weighted by Gasteiger charge is -2.26. The van der Waals surface area contributed by atoms with Crippen molar-refractivity contribution in [3.8, 4) is 0 Å². The number of carbonyl (C=O) groups is 2. The lowest BCUT2D eigenvalue weighted by molar-refractivity contribution is -0.148. The molecule has 4 nitrogen and oxygen atoms in total. The molecule has 1 aliphatic carbocycles. The molecule has 0 heterocycles. The van der Waals surface area contributed by atoms with Crippen LogP contribution in [0.25, 0.3) is 0 Å². The van der Waals surface area contributed by atoms with Crippen LogP contribution in [-0.4, -0.2) is 26.2 Å². The van der Waals surface area contributed by atoms with Crippen molar-refractivity contribution in [3.63, 3.8) is 0 Å². The molecule has 0 radical (unpaired) electrons. The molecule has 1 rings (SSSR count). The molecule has 0 amide bonds. The maximum Gasteiger partial charge on any atom is 0.309 e. The van der Waals surface area contributed by atoms with E-state index in [0.29, 0.717) is 19.3 Å². The Labute approximate surface area is 101 Å². The van der Waals surface area contributed by atoms with Crippen LogP contribution < -0.4 is 0 Å². The van der Waals surface area contributed by atoms with Crippen LogP contribution in [-0.2, 0) is 19.1 Å². The minimum absolute atomic E-state index is 0.0204. The minimum Gasteiger partial charge on any atom is -0.469 e. The van der Waals surface area contributed by atoms with E-state index in [0.717, 1.165) is 5.57 Å². The van der Waals surface area contributed by atoms with Gasteiger partial charge in [0.05, 0.1) is 20.1 Å². The topological polar surface area (TPSA) is 52.6 Å². The Morgan fingerprint density at radius 2 is 2.12 bits per heavy atom. The average Bonchev–Trinajstić information content (AvgIpc) is 2.35. The Balaban J connectivity index is 2.65. The highest BCUT2D eigenvalue weighted by atomic mass is 16.5. The summed E-state index contributed by atoms with van der Waals surface area (Å²) in [6.07, 6.45) is 5.33. The molecular weight excluding hydrogens is 220 g/mol. The van der Waals surface area contributed by atoms with Crippen LogP contribution in [0.15, 0.2) is 24.3 Å². The Bertz CT molecular complexity index is 343. The van der Waals surface area contributed by atoms with Crippen LogP contribution >= 0.6 is 0 Å². The van der Waals surface area contributed by atoms with Crippen LogP contribution in [0.3, 0.4) is 0 Å². The Kier molecular flexibility index (Phi) is 4.94. The van der Waals surface area contributed by atoms with Gasteiger partial charge >= 0.3 is 11.9 Å². The fourth-order valence-corrected chi connectivity index (χ4v) is 1.99. The van der Waals surface area contributed by atoms with Gasteiger partial charge in [-0.25, -0.2) is 0 Å². The second kappa shape index (κ2) is 6.23. The van der Waals surface area contributed by atoms with Gasteiger partial charge in [-0.1, -0.05) is 24.3 Å². The van der Waals surface area contributed by atoms with E-state index in [1.165, 1.54) is 14.2 Å². The quantitative estimate of drug-likeness (QED) is 0.701. The molecular formula is C13H18O4. The van der Waals surface area contributed by atoms with Crippen LogP contribution in [0.4, 0.5) is 0 Å². The lowest BCUT2D eigenvalue weighted by atomic mass is 9.79. The monoisotopic (exact) mass is 238 g/mol. The molecule has 2 atom stereocenters. The van der Waals surface area contributed by atoms with Crippen molar-refractivity contribution < 1.29 is 19.1 Å². The predicted molar refractivity (Wildman–Crippen MR) is 63.1 cm³/mol. The normalized spacial score (nSPS) is 23.3. The number of ether oxygens (including phenoxy) is 2. The molecule has 94 valence electrons. The summed E-state index contributed by atoms with van der Waals surface area (Å²) in [5.41, 5.74) is 0.912. The maximum atomic E-state index is 11.6. The summed E-state index contributed by atoms with van der Waals surface area (Å²) in [5.74, 6) is -0.717. The van der Waals surface area contributed by atoms with Gasteiger partial charge in [-0.3, -0.25) is 9.59 Å². The van der Waals surface area contributed by atoms with Crippen molar-refractivity contribution in [3.05, 3.63) is 24.3 Å². The number of esters is 2. The molecule has 0 fully saturated rings. The van der Waals surface area contributed by atoms with E-state index in [9.17, 15) is 9.59 Å². The van der Waals surface area contributed by atoms with Crippen LogP contribution in [0.5, 0.6) is 0 Å². The molecule has 0 aliphatic heterocycles. The van der Waals surface area contributed by atoms with Gasteiger partial charge in [-0.2, -0.15) is 0 Å². The molecule has 0 unspecified atom stereocenters. The number of hydrogen-bond donors (Lipinski definition) is 0. The van der Waals surface area contributed by atoms with E-state index in [2.05, 4.69) is 11.3 Å². The fraction of sp³-hybridized carbons (Fsp3) is 0.538. The average molecular weight is 238 g/mol. The highest BCUT2D eigenvalue weighted by Crippen LogP contribution is 2.31. The minimum atomic E-state index is -0.258. The first kappa shape index (κ1) is 13.5. The second-order valence-electron chi connectivity index (χ2n) is 4.13. The standard InChI is InChI=1S/C13H18O4/c1-9-4-5-10(6-7-12(14)16-2)11(8-9)13(15)17-3/h4-5,10-11H,1,6-8H2,2-3H3/t10-,11-/m1/s1. The predicted octanol–water partition coefficient (Wildman–Crippen LogP) is 1.86. The highest BCUT2D eigenvalue weighted by molar-refractivity contribution is 5.74. The van der Waals surface area contributed by atoms with Crippen molar-refractivity contribution in [1.82, 2.24) is 0 Å². The van der Waals surface area contributed by atoms with Gasteiger partial charge in [0.25, 0.3) is 0 Å². The van der Waals surface area contributed by atoms with E-state index in [-0.39, 0.29) is 23.8 Å². The third kappa shape index (κ3) is 3.73. The van der Waals surface area contributed by atoms with Crippen molar-refractivity contribution in [1.29, 1.82) is 0 Å². The Morgan fingerprint density at radius 3 is 2.71 bits per heavy atom. The molecule has 0 aromatic heterocycles. The number of allylic oxidation sites excluding steroid dienone is 3. The van der Waals surface area contributed by atoms with Crippen LogP contribution in [0.2, 0.25) is 0 Å². The summed E-state index contributed by atoms with van der Waals surface area (Å²) in [6.45, 7) is 3.84. The van der Waals surface area contributed by atoms with E-state index in [4.69, 9.17) is 4.74 Å². The summed E-state index contributed by atoms with van der Waals surface area (Å²) >= 11 is 0. The van der Waals surface area contributed by atoms with Crippen molar-refractivity contribution in [2.24, 2.45) is 11.8 Å². The summed E-state index contributed by atoms with van der Waals surface area (Å²) < 4.78 is 9.36. The highest BCUT2D eigenvalue weighted by Gasteiger charge is 2.30. The molecule has 4 heteroatoms. The zero-order chi connectivity index (χ0) is 12.8. The van der Waals surface area contributed by atoms with E-state index in [1.54, 1.807) is 0 Å². The zero-order valence-corrected chi connectivity index (χ0v) is 10.3.